The Morgan fingerprint density at radius 2 is 1.62 bits per heavy atom. The molecule has 2 aliphatic heterocycles. The van der Waals surface area contributed by atoms with Crippen LogP contribution in [0.25, 0.3) is 11.0 Å². The van der Waals surface area contributed by atoms with E-state index in [2.05, 4.69) is 15.0 Å². The molecule has 4 aromatic rings. The van der Waals surface area contributed by atoms with Gasteiger partial charge in [-0.05, 0) is 53.9 Å². The van der Waals surface area contributed by atoms with Crippen LogP contribution in [0.1, 0.15) is 34.5 Å². The summed E-state index contributed by atoms with van der Waals surface area (Å²) in [6.07, 6.45) is -10.1. The molecule has 0 aliphatic carbocycles. The van der Waals surface area contributed by atoms with Gasteiger partial charge in [0.25, 0.3) is 5.91 Å². The zero-order valence-electron chi connectivity index (χ0n) is 27.4. The predicted octanol–water partition coefficient (Wildman–Crippen LogP) is 5.79. The maximum atomic E-state index is 14.0. The molecule has 1 atom stereocenters. The van der Waals surface area contributed by atoms with E-state index >= 15 is 0 Å². The third-order valence-electron chi connectivity index (χ3n) is 8.91. The van der Waals surface area contributed by atoms with Crippen LogP contribution in [0.15, 0.2) is 82.0 Å². The van der Waals surface area contributed by atoms with Gasteiger partial charge in [0.05, 0.1) is 5.39 Å². The summed E-state index contributed by atoms with van der Waals surface area (Å²) in [5, 5.41) is 2.70. The maximum Gasteiger partial charge on any atom is 0.499 e. The zero-order valence-corrected chi connectivity index (χ0v) is 28.2. The van der Waals surface area contributed by atoms with E-state index in [0.29, 0.717) is 62.3 Å². The molecule has 3 amide bonds. The number of fused-ring (bicyclic) bond motifs is 1. The van der Waals surface area contributed by atoms with Gasteiger partial charge in [-0.2, -0.15) is 22.0 Å². The highest BCUT2D eigenvalue weighted by molar-refractivity contribution is 6.30. The van der Waals surface area contributed by atoms with Crippen LogP contribution in [-0.4, -0.2) is 78.6 Å². The Kier molecular flexibility index (Phi) is 10.4. The number of amides is 3. The summed E-state index contributed by atoms with van der Waals surface area (Å²) >= 11 is 6.04. The normalized spacial score (nSPS) is 16.0. The molecule has 2 saturated heterocycles. The van der Waals surface area contributed by atoms with Crippen molar-refractivity contribution in [3.8, 4) is 5.75 Å². The number of nitrogens with one attached hydrogen (secondary N) is 1. The average Bonchev–Trinajstić information content (AvgIpc) is 3.52. The maximum absolute atomic E-state index is 14.0. The predicted molar refractivity (Wildman–Crippen MR) is 180 cm³/mol. The molecular formula is C36H32ClF5N4O6. The molecule has 2 aliphatic rings. The second-order valence-electron chi connectivity index (χ2n) is 12.5. The van der Waals surface area contributed by atoms with E-state index in [0.717, 1.165) is 35.9 Å². The summed E-state index contributed by atoms with van der Waals surface area (Å²) in [6, 6.07) is 16.4. The van der Waals surface area contributed by atoms with E-state index < -0.39 is 52.5 Å². The summed E-state index contributed by atoms with van der Waals surface area (Å²) in [6.45, 7) is 2.83. The van der Waals surface area contributed by atoms with Gasteiger partial charge < -0.3 is 29.2 Å². The van der Waals surface area contributed by atoms with Crippen molar-refractivity contribution in [3.05, 3.63) is 105 Å². The quantitative estimate of drug-likeness (QED) is 0.205. The summed E-state index contributed by atoms with van der Waals surface area (Å²) < 4.78 is 74.0. The van der Waals surface area contributed by atoms with Gasteiger partial charge >= 0.3 is 12.3 Å². The Morgan fingerprint density at radius 1 is 0.904 bits per heavy atom. The Labute approximate surface area is 298 Å². The fourth-order valence-corrected chi connectivity index (χ4v) is 6.35. The van der Waals surface area contributed by atoms with Gasteiger partial charge in [-0.3, -0.25) is 19.2 Å². The smallest absolute Gasteiger partial charge is 0.451 e. The van der Waals surface area contributed by atoms with E-state index in [1.54, 1.807) is 29.2 Å². The first kappa shape index (κ1) is 36.6. The Hall–Kier alpha value is -5.18. The van der Waals surface area contributed by atoms with Crippen LogP contribution in [0, 0.1) is 0 Å². The lowest BCUT2D eigenvalue weighted by Crippen LogP contribution is -2.55. The first-order chi connectivity index (χ1) is 24.7. The lowest BCUT2D eigenvalue weighted by molar-refractivity contribution is -0.360. The van der Waals surface area contributed by atoms with Crippen LogP contribution in [0.5, 0.6) is 5.75 Å². The lowest BCUT2D eigenvalue weighted by atomic mass is 10.0. The SMILES string of the molecule is O=C(N[C@H](Cc1ccc(Cl)cc1)C(=O)N1CCN(c2ccccc2CN2CCCC2=O)CC1)c1cc(=O)c2cc(OC(F)(F)C(F)(F)F)ccc2o1. The van der Waals surface area contributed by atoms with E-state index in [1.165, 1.54) is 0 Å². The summed E-state index contributed by atoms with van der Waals surface area (Å²) in [5.74, 6) is -2.66. The van der Waals surface area contributed by atoms with Gasteiger partial charge in [-0.15, -0.1) is 0 Å². The molecule has 16 heteroatoms. The number of hydrogen-bond acceptors (Lipinski definition) is 7. The molecule has 0 bridgehead atoms. The highest BCUT2D eigenvalue weighted by atomic mass is 35.5. The van der Waals surface area contributed by atoms with Crippen molar-refractivity contribution in [2.75, 3.05) is 37.6 Å². The fraction of sp³-hybridized carbons (Fsp3) is 0.333. The summed E-state index contributed by atoms with van der Waals surface area (Å²) in [7, 11) is 0. The van der Waals surface area contributed by atoms with E-state index in [1.807, 2.05) is 29.2 Å². The highest BCUT2D eigenvalue weighted by Gasteiger charge is 2.61. The number of carbonyl (C=O) groups excluding carboxylic acids is 3. The van der Waals surface area contributed by atoms with Crippen molar-refractivity contribution < 1.29 is 45.5 Å². The number of para-hydroxylation sites is 1. The largest absolute Gasteiger partial charge is 0.499 e. The summed E-state index contributed by atoms with van der Waals surface area (Å²) in [5.41, 5.74) is 1.45. The van der Waals surface area contributed by atoms with Crippen molar-refractivity contribution >= 4 is 46.0 Å². The van der Waals surface area contributed by atoms with Gasteiger partial charge in [-0.25, -0.2) is 0 Å². The molecular weight excluding hydrogens is 715 g/mol. The van der Waals surface area contributed by atoms with Gasteiger partial charge in [0.15, 0.2) is 11.2 Å². The molecule has 6 rings (SSSR count). The van der Waals surface area contributed by atoms with Crippen LogP contribution in [-0.2, 0) is 22.6 Å². The molecule has 274 valence electrons. The van der Waals surface area contributed by atoms with E-state index in [-0.39, 0.29) is 17.9 Å². The number of rotatable bonds is 10. The number of carbonyl (C=O) groups is 3. The van der Waals surface area contributed by atoms with Crippen LogP contribution < -0.4 is 20.4 Å². The number of anilines is 1. The molecule has 3 aromatic carbocycles. The number of hydrogen-bond donors (Lipinski definition) is 1. The van der Waals surface area contributed by atoms with Gasteiger partial charge in [0.2, 0.25) is 11.8 Å². The van der Waals surface area contributed by atoms with Gasteiger partial charge in [0, 0.05) is 68.9 Å². The second-order valence-corrected chi connectivity index (χ2v) is 12.9. The summed E-state index contributed by atoms with van der Waals surface area (Å²) in [4.78, 5) is 58.2. The van der Waals surface area contributed by atoms with Crippen LogP contribution in [0.3, 0.4) is 0 Å². The van der Waals surface area contributed by atoms with Crippen molar-refractivity contribution in [1.29, 1.82) is 0 Å². The van der Waals surface area contributed by atoms with Crippen molar-refractivity contribution in [2.45, 2.75) is 44.1 Å². The average molecular weight is 747 g/mol. The van der Waals surface area contributed by atoms with Crippen LogP contribution in [0.2, 0.25) is 5.02 Å². The topological polar surface area (TPSA) is 112 Å². The van der Waals surface area contributed by atoms with Gasteiger partial charge in [-0.1, -0.05) is 41.9 Å². The minimum atomic E-state index is -6.00. The van der Waals surface area contributed by atoms with Crippen molar-refractivity contribution in [1.82, 2.24) is 15.1 Å². The minimum Gasteiger partial charge on any atom is -0.451 e. The zero-order chi connectivity index (χ0) is 37.2. The minimum absolute atomic E-state index is 0.0561. The molecule has 52 heavy (non-hydrogen) atoms. The molecule has 3 heterocycles. The number of benzene rings is 3. The standard InChI is InChI=1S/C36H32ClF5N4O6/c37-24-9-7-22(8-10-24)18-27(34(50)45-16-14-44(15-17-45)28-5-2-1-4-23(28)21-46-13-3-6-32(46)48)43-33(49)31-20-29(47)26-19-25(11-12-30(26)51-31)52-36(41,42)35(38,39)40/h1-2,4-5,7-12,19-20,27H,3,6,13-18,21H2,(H,43,49)/t27-/m1/s1. The number of piperazine rings is 1. The number of ether oxygens (including phenoxy) is 1. The molecule has 0 radical (unpaired) electrons. The Bertz CT molecular complexity index is 2030. The number of halogens is 6. The Morgan fingerprint density at radius 3 is 2.29 bits per heavy atom. The third-order valence-corrected chi connectivity index (χ3v) is 9.16. The monoisotopic (exact) mass is 746 g/mol. The van der Waals surface area contributed by atoms with Crippen LogP contribution >= 0.6 is 11.6 Å². The van der Waals surface area contributed by atoms with Crippen molar-refractivity contribution in [3.63, 3.8) is 0 Å². The highest BCUT2D eigenvalue weighted by Crippen LogP contribution is 2.37. The van der Waals surface area contributed by atoms with E-state index in [4.69, 9.17) is 16.0 Å². The van der Waals surface area contributed by atoms with Crippen molar-refractivity contribution in [2.24, 2.45) is 0 Å². The molecule has 0 saturated carbocycles. The lowest BCUT2D eigenvalue weighted by Gasteiger charge is -2.38. The first-order valence-corrected chi connectivity index (χ1v) is 16.7. The first-order valence-electron chi connectivity index (χ1n) is 16.3. The number of nitrogens with zero attached hydrogens (tertiary/aromatic N) is 3. The second kappa shape index (κ2) is 14.8. The Balaban J connectivity index is 1.18. The molecule has 1 aromatic heterocycles. The molecule has 10 nitrogen and oxygen atoms in total. The molecule has 0 spiro atoms. The molecule has 2 fully saturated rings. The molecule has 1 N–H and O–H groups in total. The van der Waals surface area contributed by atoms with Gasteiger partial charge in [0.1, 0.15) is 17.4 Å². The fourth-order valence-electron chi connectivity index (χ4n) is 6.22. The third kappa shape index (κ3) is 8.14. The number of likely N-dealkylation sites (tertiary alicyclic amines) is 1. The van der Waals surface area contributed by atoms with Crippen LogP contribution in [0.4, 0.5) is 27.6 Å². The molecule has 0 unspecified atom stereocenters. The number of alkyl halides is 5. The van der Waals surface area contributed by atoms with E-state index in [9.17, 15) is 41.1 Å².